The Morgan fingerprint density at radius 1 is 1.29 bits per heavy atom. The van der Waals surface area contributed by atoms with Crippen LogP contribution in [0.15, 0.2) is 42.6 Å². The maximum absolute atomic E-state index is 10.7. The van der Waals surface area contributed by atoms with E-state index >= 15 is 0 Å². The van der Waals surface area contributed by atoms with Crippen LogP contribution in [0.3, 0.4) is 0 Å². The molecule has 0 unspecified atom stereocenters. The number of benzene rings is 1. The molecule has 0 radical (unpaired) electrons. The van der Waals surface area contributed by atoms with Crippen molar-refractivity contribution >= 4 is 11.6 Å². The van der Waals surface area contributed by atoms with Crippen LogP contribution in [0.1, 0.15) is 17.2 Å². The second-order valence-corrected chi connectivity index (χ2v) is 4.18. The zero-order valence-corrected chi connectivity index (χ0v) is 9.72. The number of hydrogen-bond acceptors (Lipinski definition) is 2. The van der Waals surface area contributed by atoms with E-state index in [1.54, 1.807) is 18.3 Å². The molecule has 0 aliphatic carbocycles. The molecular formula is C12H11ClN2O2. The monoisotopic (exact) mass is 250 g/mol. The number of hydrogen-bond donors (Lipinski definition) is 1. The number of aromatic amines is 1. The molecular weight excluding hydrogens is 240 g/mol. The summed E-state index contributed by atoms with van der Waals surface area (Å²) >= 11 is 5.81. The third kappa shape index (κ3) is 2.85. The van der Waals surface area contributed by atoms with Crippen LogP contribution >= 0.6 is 11.6 Å². The fraction of sp³-hybridized carbons (Fsp3) is 0.167. The first-order valence-corrected chi connectivity index (χ1v) is 5.55. The quantitative estimate of drug-likeness (QED) is 0.670. The summed E-state index contributed by atoms with van der Waals surface area (Å²) in [7, 11) is 0. The first kappa shape index (κ1) is 11.7. The van der Waals surface area contributed by atoms with E-state index in [1.807, 2.05) is 24.3 Å². The van der Waals surface area contributed by atoms with E-state index in [0.29, 0.717) is 5.02 Å². The first-order chi connectivity index (χ1) is 8.16. The number of rotatable bonds is 4. The van der Waals surface area contributed by atoms with E-state index in [4.69, 9.17) is 11.6 Å². The van der Waals surface area contributed by atoms with Gasteiger partial charge in [-0.3, -0.25) is 10.1 Å². The number of aromatic nitrogens is 1. The van der Waals surface area contributed by atoms with E-state index in [2.05, 4.69) is 4.98 Å². The topological polar surface area (TPSA) is 58.9 Å². The van der Waals surface area contributed by atoms with Crippen LogP contribution in [-0.2, 0) is 0 Å². The minimum atomic E-state index is -0.305. The SMILES string of the molecule is O=[N+]([O-])C[C@H](c1ccc(Cl)cc1)c1ccc[nH]1. The van der Waals surface area contributed by atoms with Gasteiger partial charge >= 0.3 is 0 Å². The maximum atomic E-state index is 10.7. The molecule has 0 amide bonds. The highest BCUT2D eigenvalue weighted by atomic mass is 35.5. The minimum absolute atomic E-state index is 0.137. The van der Waals surface area contributed by atoms with Gasteiger partial charge in [-0.1, -0.05) is 23.7 Å². The van der Waals surface area contributed by atoms with Crippen LogP contribution in [0.4, 0.5) is 0 Å². The molecule has 1 heterocycles. The van der Waals surface area contributed by atoms with Gasteiger partial charge in [-0.2, -0.15) is 0 Å². The molecule has 0 bridgehead atoms. The molecule has 1 N–H and O–H groups in total. The smallest absolute Gasteiger partial charge is 0.216 e. The third-order valence-electron chi connectivity index (χ3n) is 2.60. The van der Waals surface area contributed by atoms with Gasteiger partial charge < -0.3 is 4.98 Å². The number of nitro groups is 1. The van der Waals surface area contributed by atoms with Gasteiger partial charge in [0.15, 0.2) is 0 Å². The molecule has 0 spiro atoms. The van der Waals surface area contributed by atoms with E-state index in [9.17, 15) is 10.1 Å². The van der Waals surface area contributed by atoms with E-state index < -0.39 is 0 Å². The average molecular weight is 251 g/mol. The predicted octanol–water partition coefficient (Wildman–Crippen LogP) is 3.08. The normalized spacial score (nSPS) is 12.3. The lowest BCUT2D eigenvalue weighted by Gasteiger charge is -2.11. The maximum Gasteiger partial charge on any atom is 0.216 e. The predicted molar refractivity (Wildman–Crippen MR) is 65.9 cm³/mol. The Morgan fingerprint density at radius 2 is 2.00 bits per heavy atom. The molecule has 1 atom stereocenters. The van der Waals surface area contributed by atoms with Crippen molar-refractivity contribution < 1.29 is 4.92 Å². The lowest BCUT2D eigenvalue weighted by molar-refractivity contribution is -0.481. The fourth-order valence-electron chi connectivity index (χ4n) is 1.79. The van der Waals surface area contributed by atoms with Crippen molar-refractivity contribution in [3.8, 4) is 0 Å². The van der Waals surface area contributed by atoms with E-state index in [0.717, 1.165) is 11.3 Å². The Labute approximate surface area is 103 Å². The molecule has 0 fully saturated rings. The lowest BCUT2D eigenvalue weighted by atomic mass is 9.96. The van der Waals surface area contributed by atoms with Gasteiger partial charge in [-0.25, -0.2) is 0 Å². The van der Waals surface area contributed by atoms with Gasteiger partial charge in [-0.15, -0.1) is 0 Å². The molecule has 4 nitrogen and oxygen atoms in total. The van der Waals surface area contributed by atoms with Crippen molar-refractivity contribution in [2.75, 3.05) is 6.54 Å². The lowest BCUT2D eigenvalue weighted by Crippen LogP contribution is -2.14. The Bertz CT molecular complexity index is 494. The summed E-state index contributed by atoms with van der Waals surface area (Å²) in [6.07, 6.45) is 1.76. The van der Waals surface area contributed by atoms with Crippen LogP contribution in [0.25, 0.3) is 0 Å². The van der Waals surface area contributed by atoms with Gasteiger partial charge in [-0.05, 0) is 29.8 Å². The average Bonchev–Trinajstić information content (AvgIpc) is 2.80. The number of nitrogens with zero attached hydrogens (tertiary/aromatic N) is 1. The summed E-state index contributed by atoms with van der Waals surface area (Å²) < 4.78 is 0. The van der Waals surface area contributed by atoms with Gasteiger partial charge in [0.05, 0.1) is 5.92 Å². The summed E-state index contributed by atoms with van der Waals surface area (Å²) in [5.74, 6) is -0.266. The zero-order chi connectivity index (χ0) is 12.3. The summed E-state index contributed by atoms with van der Waals surface area (Å²) in [4.78, 5) is 13.4. The summed E-state index contributed by atoms with van der Waals surface area (Å²) in [6, 6.07) is 10.8. The Kier molecular flexibility index (Phi) is 3.44. The van der Waals surface area contributed by atoms with Gasteiger partial charge in [0.1, 0.15) is 0 Å². The van der Waals surface area contributed by atoms with Crippen LogP contribution in [0, 0.1) is 10.1 Å². The summed E-state index contributed by atoms with van der Waals surface area (Å²) in [5, 5.41) is 11.3. The van der Waals surface area contributed by atoms with Crippen LogP contribution in [0.2, 0.25) is 5.02 Å². The van der Waals surface area contributed by atoms with Gasteiger partial charge in [0.2, 0.25) is 6.54 Å². The van der Waals surface area contributed by atoms with Crippen LogP contribution in [-0.4, -0.2) is 16.5 Å². The number of H-pyrrole nitrogens is 1. The molecule has 0 saturated carbocycles. The van der Waals surface area contributed by atoms with E-state index in [1.165, 1.54) is 0 Å². The van der Waals surface area contributed by atoms with Crippen molar-refractivity contribution in [2.24, 2.45) is 0 Å². The van der Waals surface area contributed by atoms with Crippen LogP contribution < -0.4 is 0 Å². The molecule has 0 aliphatic rings. The standard InChI is InChI=1S/C12H11ClN2O2/c13-10-5-3-9(4-6-10)11(8-15(16)17)12-2-1-7-14-12/h1-7,11,14H,8H2/t11-/m1/s1. The summed E-state index contributed by atoms with van der Waals surface area (Å²) in [5.41, 5.74) is 1.72. The molecule has 2 rings (SSSR count). The number of halogens is 1. The van der Waals surface area contributed by atoms with Crippen molar-refractivity contribution in [3.63, 3.8) is 0 Å². The molecule has 88 valence electrons. The van der Waals surface area contributed by atoms with Crippen LogP contribution in [0.5, 0.6) is 0 Å². The Hall–Kier alpha value is -1.81. The first-order valence-electron chi connectivity index (χ1n) is 5.17. The fourth-order valence-corrected chi connectivity index (χ4v) is 1.91. The zero-order valence-electron chi connectivity index (χ0n) is 8.97. The van der Waals surface area contributed by atoms with E-state index in [-0.39, 0.29) is 17.4 Å². The molecule has 1 aromatic heterocycles. The minimum Gasteiger partial charge on any atom is -0.364 e. The summed E-state index contributed by atoms with van der Waals surface area (Å²) in [6.45, 7) is -0.137. The highest BCUT2D eigenvalue weighted by molar-refractivity contribution is 6.30. The highest BCUT2D eigenvalue weighted by Crippen LogP contribution is 2.24. The van der Waals surface area contributed by atoms with Crippen molar-refractivity contribution in [1.29, 1.82) is 0 Å². The molecule has 5 heteroatoms. The third-order valence-corrected chi connectivity index (χ3v) is 2.85. The largest absolute Gasteiger partial charge is 0.364 e. The highest BCUT2D eigenvalue weighted by Gasteiger charge is 2.20. The van der Waals surface area contributed by atoms with Gasteiger partial charge in [0.25, 0.3) is 0 Å². The molecule has 2 aromatic rings. The molecule has 1 aromatic carbocycles. The molecule has 0 saturated heterocycles. The Balaban J connectivity index is 2.33. The second-order valence-electron chi connectivity index (χ2n) is 3.74. The second kappa shape index (κ2) is 5.01. The Morgan fingerprint density at radius 3 is 2.53 bits per heavy atom. The van der Waals surface area contributed by atoms with Crippen molar-refractivity contribution in [1.82, 2.24) is 4.98 Å². The van der Waals surface area contributed by atoms with Gasteiger partial charge in [0, 0.05) is 21.8 Å². The van der Waals surface area contributed by atoms with Crippen molar-refractivity contribution in [2.45, 2.75) is 5.92 Å². The van der Waals surface area contributed by atoms with Crippen molar-refractivity contribution in [3.05, 3.63) is 69.0 Å². The number of nitrogens with one attached hydrogen (secondary N) is 1. The molecule has 0 aliphatic heterocycles. The molecule has 17 heavy (non-hydrogen) atoms.